The molecule has 0 radical (unpaired) electrons. The molecular formula is C21H25N3OS. The summed E-state index contributed by atoms with van der Waals surface area (Å²) in [6.07, 6.45) is 2.52. The van der Waals surface area contributed by atoms with Gasteiger partial charge in [-0.2, -0.15) is 0 Å². The number of anilines is 2. The molecular weight excluding hydrogens is 342 g/mol. The molecule has 0 saturated carbocycles. The minimum atomic E-state index is 0.178. The average Bonchev–Trinajstić information content (AvgIpc) is 3.07. The topological polar surface area (TPSA) is 44.4 Å². The molecule has 1 fully saturated rings. The molecule has 2 aromatic rings. The number of carbonyl (C=O) groups excluding carboxylic acids is 1. The van der Waals surface area contributed by atoms with Gasteiger partial charge in [-0.25, -0.2) is 0 Å². The van der Waals surface area contributed by atoms with E-state index in [2.05, 4.69) is 48.7 Å². The highest BCUT2D eigenvalue weighted by Gasteiger charge is 2.21. The standard InChI is InChI=1S/C21H25N3OS/c1-3-19(16-8-6-15(2)7-9-16)23-21(26)22-17-10-12-18(13-11-17)24-14-4-5-20(24)25/h6-13,19H,3-5,14H2,1-2H3,(H2,22,23,26)/t19-/m1/s1. The van der Waals surface area contributed by atoms with Crippen LogP contribution in [0, 0.1) is 6.92 Å². The van der Waals surface area contributed by atoms with Crippen molar-refractivity contribution in [1.29, 1.82) is 0 Å². The smallest absolute Gasteiger partial charge is 0.227 e. The van der Waals surface area contributed by atoms with Crippen LogP contribution in [0.1, 0.15) is 43.4 Å². The Hall–Kier alpha value is -2.40. The molecule has 3 rings (SSSR count). The van der Waals surface area contributed by atoms with Crippen LogP contribution in [-0.4, -0.2) is 17.6 Å². The molecule has 26 heavy (non-hydrogen) atoms. The van der Waals surface area contributed by atoms with Crippen LogP contribution in [0.2, 0.25) is 0 Å². The van der Waals surface area contributed by atoms with E-state index in [1.165, 1.54) is 11.1 Å². The molecule has 0 aromatic heterocycles. The van der Waals surface area contributed by atoms with E-state index in [9.17, 15) is 4.79 Å². The largest absolute Gasteiger partial charge is 0.356 e. The molecule has 1 saturated heterocycles. The fourth-order valence-corrected chi connectivity index (χ4v) is 3.45. The average molecular weight is 368 g/mol. The number of nitrogens with zero attached hydrogens (tertiary/aromatic N) is 1. The van der Waals surface area contributed by atoms with Crippen LogP contribution >= 0.6 is 12.2 Å². The fourth-order valence-electron chi connectivity index (χ4n) is 3.19. The molecule has 0 spiro atoms. The van der Waals surface area contributed by atoms with Gasteiger partial charge >= 0.3 is 0 Å². The number of aryl methyl sites for hydroxylation is 1. The molecule has 0 bridgehead atoms. The molecule has 136 valence electrons. The highest BCUT2D eigenvalue weighted by atomic mass is 32.1. The van der Waals surface area contributed by atoms with Crippen molar-refractivity contribution in [3.63, 3.8) is 0 Å². The Morgan fingerprint density at radius 1 is 1.15 bits per heavy atom. The van der Waals surface area contributed by atoms with E-state index in [1.54, 1.807) is 0 Å². The van der Waals surface area contributed by atoms with E-state index >= 15 is 0 Å². The van der Waals surface area contributed by atoms with E-state index in [0.717, 1.165) is 30.8 Å². The van der Waals surface area contributed by atoms with Gasteiger partial charge < -0.3 is 15.5 Å². The van der Waals surface area contributed by atoms with Crippen LogP contribution in [0.3, 0.4) is 0 Å². The molecule has 0 unspecified atom stereocenters. The first-order chi connectivity index (χ1) is 12.6. The monoisotopic (exact) mass is 367 g/mol. The van der Waals surface area contributed by atoms with Crippen molar-refractivity contribution >= 4 is 34.6 Å². The van der Waals surface area contributed by atoms with Crippen LogP contribution in [0.4, 0.5) is 11.4 Å². The van der Waals surface area contributed by atoms with Crippen LogP contribution in [0.25, 0.3) is 0 Å². The van der Waals surface area contributed by atoms with Gasteiger partial charge in [0.1, 0.15) is 0 Å². The first-order valence-electron chi connectivity index (χ1n) is 9.11. The van der Waals surface area contributed by atoms with E-state index < -0.39 is 0 Å². The maximum atomic E-state index is 11.8. The summed E-state index contributed by atoms with van der Waals surface area (Å²) in [5, 5.41) is 7.22. The lowest BCUT2D eigenvalue weighted by Crippen LogP contribution is -2.32. The minimum Gasteiger partial charge on any atom is -0.356 e. The van der Waals surface area contributed by atoms with Crippen LogP contribution < -0.4 is 15.5 Å². The molecule has 2 N–H and O–H groups in total. The van der Waals surface area contributed by atoms with Gasteiger partial charge in [-0.15, -0.1) is 0 Å². The molecule has 5 heteroatoms. The summed E-state index contributed by atoms with van der Waals surface area (Å²) in [4.78, 5) is 13.7. The Morgan fingerprint density at radius 2 is 1.85 bits per heavy atom. The van der Waals surface area contributed by atoms with Gasteiger partial charge in [0, 0.05) is 24.3 Å². The lowest BCUT2D eigenvalue weighted by Gasteiger charge is -2.21. The van der Waals surface area contributed by atoms with E-state index in [-0.39, 0.29) is 11.9 Å². The second-order valence-corrected chi connectivity index (χ2v) is 7.07. The maximum Gasteiger partial charge on any atom is 0.227 e. The van der Waals surface area contributed by atoms with Crippen LogP contribution in [-0.2, 0) is 4.79 Å². The van der Waals surface area contributed by atoms with Gasteiger partial charge in [0.15, 0.2) is 5.11 Å². The van der Waals surface area contributed by atoms with Crippen molar-refractivity contribution < 1.29 is 4.79 Å². The molecule has 2 aromatic carbocycles. The lowest BCUT2D eigenvalue weighted by molar-refractivity contribution is -0.117. The molecule has 1 heterocycles. The Kier molecular flexibility index (Phi) is 5.89. The van der Waals surface area contributed by atoms with Gasteiger partial charge in [-0.3, -0.25) is 4.79 Å². The normalized spacial score (nSPS) is 15.0. The summed E-state index contributed by atoms with van der Waals surface area (Å²) < 4.78 is 0. The Bertz CT molecular complexity index is 771. The third-order valence-electron chi connectivity index (χ3n) is 4.70. The van der Waals surface area contributed by atoms with Gasteiger partial charge in [-0.05, 0) is 61.8 Å². The van der Waals surface area contributed by atoms with E-state index in [1.807, 2.05) is 29.2 Å². The maximum absolute atomic E-state index is 11.8. The van der Waals surface area contributed by atoms with Crippen molar-refractivity contribution in [3.05, 3.63) is 59.7 Å². The van der Waals surface area contributed by atoms with Gasteiger partial charge in [0.25, 0.3) is 0 Å². The Labute approximate surface area is 160 Å². The van der Waals surface area contributed by atoms with Gasteiger partial charge in [-0.1, -0.05) is 36.8 Å². The van der Waals surface area contributed by atoms with E-state index in [4.69, 9.17) is 12.2 Å². The molecule has 1 amide bonds. The number of thiocarbonyl (C=S) groups is 1. The number of carbonyl (C=O) groups is 1. The SMILES string of the molecule is CC[C@@H](NC(=S)Nc1ccc(N2CCCC2=O)cc1)c1ccc(C)cc1. The van der Waals surface area contributed by atoms with Crippen LogP contribution in [0.5, 0.6) is 0 Å². The number of benzene rings is 2. The first kappa shape index (κ1) is 18.4. The number of rotatable bonds is 5. The lowest BCUT2D eigenvalue weighted by atomic mass is 10.0. The number of amides is 1. The molecule has 1 aliphatic heterocycles. The van der Waals surface area contributed by atoms with E-state index in [0.29, 0.717) is 11.5 Å². The molecule has 1 aliphatic rings. The second kappa shape index (κ2) is 8.32. The number of hydrogen-bond donors (Lipinski definition) is 2. The zero-order valence-electron chi connectivity index (χ0n) is 15.3. The molecule has 1 atom stereocenters. The van der Waals surface area contributed by atoms with Gasteiger partial charge in [0.05, 0.1) is 6.04 Å². The highest BCUT2D eigenvalue weighted by Crippen LogP contribution is 2.23. The number of nitrogens with one attached hydrogen (secondary N) is 2. The summed E-state index contributed by atoms with van der Waals surface area (Å²) >= 11 is 5.48. The predicted octanol–water partition coefficient (Wildman–Crippen LogP) is 4.56. The van der Waals surface area contributed by atoms with Crippen molar-refractivity contribution in [2.45, 2.75) is 39.2 Å². The zero-order chi connectivity index (χ0) is 18.5. The quantitative estimate of drug-likeness (QED) is 0.761. The summed E-state index contributed by atoms with van der Waals surface area (Å²) in [6, 6.07) is 16.5. The Morgan fingerprint density at radius 3 is 2.42 bits per heavy atom. The molecule has 4 nitrogen and oxygen atoms in total. The minimum absolute atomic E-state index is 0.178. The predicted molar refractivity (Wildman–Crippen MR) is 112 cm³/mol. The zero-order valence-corrected chi connectivity index (χ0v) is 16.1. The molecule has 0 aliphatic carbocycles. The summed E-state index contributed by atoms with van der Waals surface area (Å²) in [5.74, 6) is 0.201. The third kappa shape index (κ3) is 4.41. The third-order valence-corrected chi connectivity index (χ3v) is 4.92. The highest BCUT2D eigenvalue weighted by molar-refractivity contribution is 7.80. The summed E-state index contributed by atoms with van der Waals surface area (Å²) in [6.45, 7) is 5.03. The number of hydrogen-bond acceptors (Lipinski definition) is 2. The van der Waals surface area contributed by atoms with Crippen LogP contribution in [0.15, 0.2) is 48.5 Å². The summed E-state index contributed by atoms with van der Waals surface area (Å²) in [7, 11) is 0. The van der Waals surface area contributed by atoms with Crippen molar-refractivity contribution in [2.24, 2.45) is 0 Å². The second-order valence-electron chi connectivity index (χ2n) is 6.67. The Balaban J connectivity index is 1.60. The fraction of sp³-hybridized carbons (Fsp3) is 0.333. The van der Waals surface area contributed by atoms with Crippen molar-refractivity contribution in [2.75, 3.05) is 16.8 Å². The van der Waals surface area contributed by atoms with Gasteiger partial charge in [0.2, 0.25) is 5.91 Å². The first-order valence-corrected chi connectivity index (χ1v) is 9.52. The summed E-state index contributed by atoms with van der Waals surface area (Å²) in [5.41, 5.74) is 4.34. The van der Waals surface area contributed by atoms with Crippen molar-refractivity contribution in [3.8, 4) is 0 Å². The van der Waals surface area contributed by atoms with Crippen molar-refractivity contribution in [1.82, 2.24) is 5.32 Å².